The molecule has 2 rings (SSSR count). The van der Waals surface area contributed by atoms with E-state index in [1.807, 2.05) is 19.9 Å². The van der Waals surface area contributed by atoms with Crippen LogP contribution in [0, 0.1) is 12.8 Å². The molecular weight excluding hydrogens is 250 g/mol. The van der Waals surface area contributed by atoms with E-state index < -0.39 is 0 Å². The van der Waals surface area contributed by atoms with Crippen LogP contribution in [-0.2, 0) is 0 Å². The average molecular weight is 270 g/mol. The number of anilines is 1. The number of hydrogen-bond donors (Lipinski definition) is 1. The van der Waals surface area contributed by atoms with Gasteiger partial charge in [-0.05, 0) is 39.0 Å². The van der Waals surface area contributed by atoms with E-state index in [0.29, 0.717) is 29.7 Å². The molecule has 0 saturated heterocycles. The van der Waals surface area contributed by atoms with Crippen molar-refractivity contribution in [2.75, 3.05) is 18.5 Å². The molecule has 4 nitrogen and oxygen atoms in total. The molecule has 1 aliphatic carbocycles. The number of alkyl halides is 1. The highest BCUT2D eigenvalue weighted by Gasteiger charge is 2.22. The van der Waals surface area contributed by atoms with Crippen molar-refractivity contribution in [2.45, 2.75) is 38.5 Å². The lowest BCUT2D eigenvalue weighted by molar-refractivity contribution is 0.326. The Kier molecular flexibility index (Phi) is 4.64. The first kappa shape index (κ1) is 13.4. The summed E-state index contributed by atoms with van der Waals surface area (Å²) in [5.41, 5.74) is 0.914. The second-order valence-corrected chi connectivity index (χ2v) is 5.38. The summed E-state index contributed by atoms with van der Waals surface area (Å²) in [5.74, 6) is 1.91. The molecule has 1 N–H and O–H groups in total. The number of rotatable bonds is 5. The Balaban J connectivity index is 1.92. The monoisotopic (exact) mass is 269 g/mol. The van der Waals surface area contributed by atoms with Crippen LogP contribution in [0.4, 0.5) is 5.95 Å². The molecule has 1 saturated carbocycles. The van der Waals surface area contributed by atoms with E-state index in [2.05, 4.69) is 15.3 Å². The van der Waals surface area contributed by atoms with Crippen LogP contribution >= 0.6 is 11.6 Å². The minimum absolute atomic E-state index is 0.342. The van der Waals surface area contributed by atoms with Crippen molar-refractivity contribution in [3.8, 4) is 5.88 Å². The van der Waals surface area contributed by atoms with Gasteiger partial charge in [0, 0.05) is 23.7 Å². The molecule has 1 aliphatic rings. The Labute approximate surface area is 113 Å². The van der Waals surface area contributed by atoms with Crippen molar-refractivity contribution in [2.24, 2.45) is 5.92 Å². The normalized spacial score (nSPS) is 23.1. The third kappa shape index (κ3) is 3.73. The molecule has 1 aromatic rings. The van der Waals surface area contributed by atoms with Crippen molar-refractivity contribution >= 4 is 17.5 Å². The van der Waals surface area contributed by atoms with Crippen LogP contribution in [-0.4, -0.2) is 28.5 Å². The lowest BCUT2D eigenvalue weighted by Gasteiger charge is -2.12. The van der Waals surface area contributed by atoms with E-state index in [1.54, 1.807) is 0 Å². The molecule has 100 valence electrons. The fourth-order valence-electron chi connectivity index (χ4n) is 2.28. The number of halogens is 1. The second kappa shape index (κ2) is 6.23. The summed E-state index contributed by atoms with van der Waals surface area (Å²) in [6, 6.07) is 1.85. The molecule has 0 aliphatic heterocycles. The van der Waals surface area contributed by atoms with Crippen LogP contribution in [0.3, 0.4) is 0 Å². The van der Waals surface area contributed by atoms with Gasteiger partial charge in [-0.2, -0.15) is 4.98 Å². The zero-order valence-electron chi connectivity index (χ0n) is 10.9. The smallest absolute Gasteiger partial charge is 0.226 e. The lowest BCUT2D eigenvalue weighted by Crippen LogP contribution is -2.14. The Bertz CT molecular complexity index is 400. The molecule has 1 fully saturated rings. The summed E-state index contributed by atoms with van der Waals surface area (Å²) in [7, 11) is 0. The number of aromatic nitrogens is 2. The summed E-state index contributed by atoms with van der Waals surface area (Å²) in [5, 5.41) is 3.63. The van der Waals surface area contributed by atoms with Crippen molar-refractivity contribution in [1.82, 2.24) is 9.97 Å². The molecule has 1 heterocycles. The van der Waals surface area contributed by atoms with Gasteiger partial charge in [0.1, 0.15) is 0 Å². The third-order valence-electron chi connectivity index (χ3n) is 3.15. The minimum atomic E-state index is 0.342. The first-order valence-electron chi connectivity index (χ1n) is 6.53. The highest BCUT2D eigenvalue weighted by molar-refractivity contribution is 6.20. The number of nitrogens with one attached hydrogen (secondary N) is 1. The molecule has 0 radical (unpaired) electrons. The first-order chi connectivity index (χ1) is 8.67. The molecule has 1 aromatic heterocycles. The Morgan fingerprint density at radius 3 is 2.94 bits per heavy atom. The van der Waals surface area contributed by atoms with Crippen LogP contribution in [0.1, 0.15) is 31.9 Å². The molecule has 0 aromatic carbocycles. The fourth-order valence-corrected chi connectivity index (χ4v) is 2.65. The first-order valence-corrected chi connectivity index (χ1v) is 6.97. The fraction of sp³-hybridized carbons (Fsp3) is 0.692. The zero-order valence-corrected chi connectivity index (χ0v) is 11.7. The molecule has 18 heavy (non-hydrogen) atoms. The summed E-state index contributed by atoms with van der Waals surface area (Å²) in [6.07, 6.45) is 3.39. The van der Waals surface area contributed by atoms with Gasteiger partial charge in [0.25, 0.3) is 0 Å². The van der Waals surface area contributed by atoms with E-state index in [-0.39, 0.29) is 0 Å². The van der Waals surface area contributed by atoms with Crippen LogP contribution in [0.2, 0.25) is 0 Å². The quantitative estimate of drug-likeness (QED) is 0.835. The predicted molar refractivity (Wildman–Crippen MR) is 73.4 cm³/mol. The SMILES string of the molecule is CCOc1cc(C)nc(NCC2CCC(Cl)C2)n1. The van der Waals surface area contributed by atoms with Gasteiger partial charge in [-0.15, -0.1) is 11.6 Å². The van der Waals surface area contributed by atoms with E-state index in [9.17, 15) is 0 Å². The number of aryl methyl sites for hydroxylation is 1. The van der Waals surface area contributed by atoms with Crippen molar-refractivity contribution < 1.29 is 4.74 Å². The Morgan fingerprint density at radius 2 is 2.28 bits per heavy atom. The molecule has 2 unspecified atom stereocenters. The van der Waals surface area contributed by atoms with Gasteiger partial charge in [0.05, 0.1) is 6.61 Å². The standard InChI is InChI=1S/C13H20ClN3O/c1-3-18-12-6-9(2)16-13(17-12)15-8-10-4-5-11(14)7-10/h6,10-11H,3-5,7-8H2,1-2H3,(H,15,16,17). The Morgan fingerprint density at radius 1 is 1.44 bits per heavy atom. The Hall–Kier alpha value is -1.03. The highest BCUT2D eigenvalue weighted by atomic mass is 35.5. The van der Waals surface area contributed by atoms with Gasteiger partial charge in [0.2, 0.25) is 11.8 Å². The van der Waals surface area contributed by atoms with Crippen molar-refractivity contribution in [3.63, 3.8) is 0 Å². The molecule has 5 heteroatoms. The predicted octanol–water partition coefficient (Wildman–Crippen LogP) is 3.00. The lowest BCUT2D eigenvalue weighted by atomic mass is 10.1. The summed E-state index contributed by atoms with van der Waals surface area (Å²) < 4.78 is 5.40. The van der Waals surface area contributed by atoms with E-state index in [4.69, 9.17) is 16.3 Å². The summed E-state index contributed by atoms with van der Waals surface area (Å²) >= 11 is 6.10. The van der Waals surface area contributed by atoms with E-state index >= 15 is 0 Å². The molecular formula is C13H20ClN3O. The van der Waals surface area contributed by atoms with Gasteiger partial charge in [-0.1, -0.05) is 0 Å². The maximum Gasteiger partial charge on any atom is 0.226 e. The third-order valence-corrected chi connectivity index (χ3v) is 3.55. The van der Waals surface area contributed by atoms with Crippen LogP contribution in [0.5, 0.6) is 5.88 Å². The molecule has 0 bridgehead atoms. The highest BCUT2D eigenvalue weighted by Crippen LogP contribution is 2.29. The van der Waals surface area contributed by atoms with Crippen LogP contribution in [0.15, 0.2) is 6.07 Å². The number of ether oxygens (including phenoxy) is 1. The van der Waals surface area contributed by atoms with Crippen molar-refractivity contribution in [3.05, 3.63) is 11.8 Å². The maximum absolute atomic E-state index is 6.10. The largest absolute Gasteiger partial charge is 0.478 e. The number of nitrogens with zero attached hydrogens (tertiary/aromatic N) is 2. The van der Waals surface area contributed by atoms with E-state index in [0.717, 1.165) is 25.1 Å². The van der Waals surface area contributed by atoms with Gasteiger partial charge in [-0.25, -0.2) is 4.98 Å². The minimum Gasteiger partial charge on any atom is -0.478 e. The summed E-state index contributed by atoms with van der Waals surface area (Å²) in [6.45, 7) is 5.40. The maximum atomic E-state index is 6.10. The molecule has 0 amide bonds. The van der Waals surface area contributed by atoms with Gasteiger partial charge < -0.3 is 10.1 Å². The topological polar surface area (TPSA) is 47.0 Å². The molecule has 2 atom stereocenters. The van der Waals surface area contributed by atoms with Gasteiger partial charge >= 0.3 is 0 Å². The van der Waals surface area contributed by atoms with Crippen LogP contribution in [0.25, 0.3) is 0 Å². The van der Waals surface area contributed by atoms with Gasteiger partial charge in [0.15, 0.2) is 0 Å². The van der Waals surface area contributed by atoms with Crippen molar-refractivity contribution in [1.29, 1.82) is 0 Å². The number of hydrogen-bond acceptors (Lipinski definition) is 4. The molecule has 0 spiro atoms. The average Bonchev–Trinajstić information content (AvgIpc) is 2.72. The second-order valence-electron chi connectivity index (χ2n) is 4.76. The zero-order chi connectivity index (χ0) is 13.0. The van der Waals surface area contributed by atoms with Gasteiger partial charge in [-0.3, -0.25) is 0 Å². The van der Waals surface area contributed by atoms with E-state index in [1.165, 1.54) is 6.42 Å². The van der Waals surface area contributed by atoms with Crippen LogP contribution < -0.4 is 10.1 Å². The summed E-state index contributed by atoms with van der Waals surface area (Å²) in [4.78, 5) is 8.69.